The number of carbonyl (C=O) groups is 1. The van der Waals surface area contributed by atoms with E-state index in [0.29, 0.717) is 25.7 Å². The van der Waals surface area contributed by atoms with Crippen LogP contribution in [0.4, 0.5) is 0 Å². The van der Waals surface area contributed by atoms with Crippen molar-refractivity contribution in [2.75, 3.05) is 26.9 Å². The Morgan fingerprint density at radius 2 is 1.36 bits per heavy atom. The fourth-order valence-electron chi connectivity index (χ4n) is 4.23. The average molecular weight is 593 g/mol. The van der Waals surface area contributed by atoms with E-state index >= 15 is 0 Å². The van der Waals surface area contributed by atoms with E-state index in [9.17, 15) is 50.0 Å². The third-order valence-corrected chi connectivity index (χ3v) is 7.48. The van der Waals surface area contributed by atoms with Crippen LogP contribution in [0.25, 0.3) is 0 Å². The summed E-state index contributed by atoms with van der Waals surface area (Å²) < 4.78 is 42.7. The third kappa shape index (κ3) is 10.2. The number of rotatable bonds is 16. The number of unbranched alkanes of at least 4 members (excludes halogenated alkanes) is 5. The van der Waals surface area contributed by atoms with Crippen molar-refractivity contribution in [3.05, 3.63) is 0 Å². The first-order valence-electron chi connectivity index (χ1n) is 12.8. The van der Waals surface area contributed by atoms with E-state index in [-0.39, 0.29) is 12.6 Å². The second-order valence-corrected chi connectivity index (χ2v) is 10.8. The van der Waals surface area contributed by atoms with Crippen LogP contribution in [-0.4, -0.2) is 135 Å². The standard InChI is InChI=1S/C22H41O16P/c1-33-14(25)8-6-4-2-3-5-7-9-34-39(31,32)38-20-13(11-24)36-22(18(29)16(20)27)37-19-12(10-23)35-21(30)17(28)15(19)26/h12-13,15-24,26-30H,2-11H2,1H3,(H,31,32)/t12-,13-,15-,16-,17-,18-,19-,20+,21?,22?/m1/s1. The maximum Gasteiger partial charge on any atom is 0.472 e. The summed E-state index contributed by atoms with van der Waals surface area (Å²) in [4.78, 5) is 21.1. The van der Waals surface area contributed by atoms with Gasteiger partial charge in [0.1, 0.15) is 48.8 Å². The number of hydrogen-bond acceptors (Lipinski definition) is 15. The molecule has 2 aliphatic rings. The van der Waals surface area contributed by atoms with Crippen molar-refractivity contribution in [3.63, 3.8) is 0 Å². The summed E-state index contributed by atoms with van der Waals surface area (Å²) in [5.41, 5.74) is 0. The molecule has 2 rings (SSSR count). The molecule has 39 heavy (non-hydrogen) atoms. The summed E-state index contributed by atoms with van der Waals surface area (Å²) in [5, 5.41) is 69.9. The van der Waals surface area contributed by atoms with Gasteiger partial charge < -0.3 is 59.6 Å². The molecule has 0 spiro atoms. The molecule has 0 aliphatic carbocycles. The predicted molar refractivity (Wildman–Crippen MR) is 128 cm³/mol. The number of ether oxygens (including phenoxy) is 4. The average Bonchev–Trinajstić information content (AvgIpc) is 2.91. The molecule has 0 amide bonds. The molecular formula is C22H41O16P. The Balaban J connectivity index is 1.83. The number of phosphoric ester groups is 1. The zero-order valence-corrected chi connectivity index (χ0v) is 22.5. The van der Waals surface area contributed by atoms with E-state index in [4.69, 9.17) is 23.3 Å². The largest absolute Gasteiger partial charge is 0.472 e. The predicted octanol–water partition coefficient (Wildman–Crippen LogP) is -2.35. The highest BCUT2D eigenvalue weighted by Gasteiger charge is 2.52. The Bertz CT molecular complexity index is 768. The summed E-state index contributed by atoms with van der Waals surface area (Å²) in [7, 11) is -3.43. The second-order valence-electron chi connectivity index (χ2n) is 9.36. The van der Waals surface area contributed by atoms with Crippen molar-refractivity contribution < 1.29 is 78.0 Å². The molecule has 17 heteroatoms. The summed E-state index contributed by atoms with van der Waals surface area (Å²) in [6.07, 6.45) is -12.5. The lowest BCUT2D eigenvalue weighted by molar-refractivity contribution is -0.354. The zero-order valence-electron chi connectivity index (χ0n) is 21.6. The van der Waals surface area contributed by atoms with E-state index in [1.54, 1.807) is 0 Å². The second kappa shape index (κ2) is 16.6. The van der Waals surface area contributed by atoms with E-state index < -0.39 is 82.4 Å². The Morgan fingerprint density at radius 1 is 0.795 bits per heavy atom. The van der Waals surface area contributed by atoms with Crippen LogP contribution in [0.3, 0.4) is 0 Å². The summed E-state index contributed by atoms with van der Waals surface area (Å²) in [6, 6.07) is 0. The molecule has 2 aliphatic heterocycles. The van der Waals surface area contributed by atoms with Gasteiger partial charge in [-0.25, -0.2) is 4.57 Å². The van der Waals surface area contributed by atoms with E-state index in [0.717, 1.165) is 19.3 Å². The number of methoxy groups -OCH3 is 1. The number of esters is 1. The van der Waals surface area contributed by atoms with Crippen molar-refractivity contribution in [2.24, 2.45) is 0 Å². The van der Waals surface area contributed by atoms with E-state index in [1.807, 2.05) is 0 Å². The number of aliphatic hydroxyl groups excluding tert-OH is 7. The Kier molecular flexibility index (Phi) is 14.6. The maximum atomic E-state index is 12.4. The fourth-order valence-corrected chi connectivity index (χ4v) is 5.22. The molecule has 3 unspecified atom stereocenters. The smallest absolute Gasteiger partial charge is 0.469 e. The number of carbonyl (C=O) groups excluding carboxylic acids is 1. The molecule has 2 heterocycles. The quantitative estimate of drug-likeness (QED) is 0.0530. The van der Waals surface area contributed by atoms with Crippen molar-refractivity contribution in [1.82, 2.24) is 0 Å². The van der Waals surface area contributed by atoms with Crippen LogP contribution in [0.1, 0.15) is 44.9 Å². The minimum atomic E-state index is -4.76. The minimum absolute atomic E-state index is 0.145. The fraction of sp³-hybridized carbons (Fsp3) is 0.955. The van der Waals surface area contributed by atoms with Gasteiger partial charge >= 0.3 is 13.8 Å². The van der Waals surface area contributed by atoms with Crippen LogP contribution in [0.2, 0.25) is 0 Å². The molecule has 0 radical (unpaired) electrons. The number of hydrogen-bond donors (Lipinski definition) is 8. The van der Waals surface area contributed by atoms with Crippen LogP contribution >= 0.6 is 7.82 Å². The molecule has 2 saturated heterocycles. The number of aliphatic hydroxyl groups is 7. The first-order chi connectivity index (χ1) is 18.4. The number of phosphoric acid groups is 1. The van der Waals surface area contributed by atoms with Crippen molar-refractivity contribution >= 4 is 13.8 Å². The minimum Gasteiger partial charge on any atom is -0.469 e. The van der Waals surface area contributed by atoms with Gasteiger partial charge in [-0.15, -0.1) is 0 Å². The van der Waals surface area contributed by atoms with Crippen molar-refractivity contribution in [2.45, 2.75) is 106 Å². The van der Waals surface area contributed by atoms with Gasteiger partial charge in [-0.1, -0.05) is 25.7 Å². The van der Waals surface area contributed by atoms with Gasteiger partial charge in [-0.2, -0.15) is 0 Å². The van der Waals surface area contributed by atoms with Crippen LogP contribution in [0, 0.1) is 0 Å². The normalized spacial score (nSPS) is 36.8. The first-order valence-corrected chi connectivity index (χ1v) is 14.3. The highest BCUT2D eigenvalue weighted by Crippen LogP contribution is 2.47. The van der Waals surface area contributed by atoms with Gasteiger partial charge in [0.25, 0.3) is 0 Å². The Labute approximate surface area is 225 Å². The first kappa shape index (κ1) is 34.4. The highest BCUT2D eigenvalue weighted by atomic mass is 31.2. The molecule has 16 nitrogen and oxygen atoms in total. The Hall–Kier alpha value is -0.820. The van der Waals surface area contributed by atoms with Gasteiger partial charge in [0.2, 0.25) is 0 Å². The van der Waals surface area contributed by atoms with Gasteiger partial charge in [0, 0.05) is 6.42 Å². The maximum absolute atomic E-state index is 12.4. The third-order valence-electron chi connectivity index (χ3n) is 6.46. The molecule has 11 atom stereocenters. The molecular weight excluding hydrogens is 551 g/mol. The van der Waals surface area contributed by atoms with Crippen LogP contribution in [-0.2, 0) is 37.4 Å². The van der Waals surface area contributed by atoms with E-state index in [1.165, 1.54) is 7.11 Å². The zero-order chi connectivity index (χ0) is 29.2. The lowest BCUT2D eigenvalue weighted by Crippen LogP contribution is -2.64. The summed E-state index contributed by atoms with van der Waals surface area (Å²) in [6.45, 7) is -1.75. The SMILES string of the molecule is COC(=O)CCCCCCCCOP(=O)(O)O[C@@H]1[C@H](O)[C@@H](O)C(O[C@H]2[C@H](O)[C@@H](O)C(O)O[C@@H]2CO)O[C@@H]1CO. The lowest BCUT2D eigenvalue weighted by atomic mass is 9.97. The summed E-state index contributed by atoms with van der Waals surface area (Å²) >= 11 is 0. The van der Waals surface area contributed by atoms with Gasteiger partial charge in [0.05, 0.1) is 26.9 Å². The molecule has 0 aromatic rings. The van der Waals surface area contributed by atoms with Crippen LogP contribution in [0.15, 0.2) is 0 Å². The molecule has 230 valence electrons. The Morgan fingerprint density at radius 3 is 1.97 bits per heavy atom. The van der Waals surface area contributed by atoms with Crippen LogP contribution < -0.4 is 0 Å². The van der Waals surface area contributed by atoms with Crippen molar-refractivity contribution in [3.8, 4) is 0 Å². The molecule has 2 fully saturated rings. The van der Waals surface area contributed by atoms with Crippen molar-refractivity contribution in [1.29, 1.82) is 0 Å². The van der Waals surface area contributed by atoms with Gasteiger partial charge in [-0.05, 0) is 12.8 Å². The monoisotopic (exact) mass is 592 g/mol. The molecule has 8 N–H and O–H groups in total. The van der Waals surface area contributed by atoms with Gasteiger partial charge in [-0.3, -0.25) is 13.8 Å². The highest BCUT2D eigenvalue weighted by molar-refractivity contribution is 7.47. The lowest BCUT2D eigenvalue weighted by Gasteiger charge is -2.46. The molecule has 0 aromatic carbocycles. The molecule has 0 aromatic heterocycles. The van der Waals surface area contributed by atoms with Gasteiger partial charge in [0.15, 0.2) is 12.6 Å². The molecule has 0 saturated carbocycles. The topological polar surface area (TPSA) is 251 Å². The summed E-state index contributed by atoms with van der Waals surface area (Å²) in [5.74, 6) is -0.261. The molecule has 0 bridgehead atoms. The van der Waals surface area contributed by atoms with E-state index in [2.05, 4.69) is 4.74 Å². The van der Waals surface area contributed by atoms with Crippen LogP contribution in [0.5, 0.6) is 0 Å².